The predicted molar refractivity (Wildman–Crippen MR) is 81.5 cm³/mol. The molecule has 21 heavy (non-hydrogen) atoms. The van der Waals surface area contributed by atoms with E-state index in [4.69, 9.17) is 0 Å². The molecule has 0 atom stereocenters. The van der Waals surface area contributed by atoms with Gasteiger partial charge in [0.2, 0.25) is 0 Å². The largest absolute Gasteiger partial charge is 0.503 e. The molecule has 1 aromatic heterocycles. The first-order chi connectivity index (χ1) is 10.2. The number of aromatic nitrogens is 2. The number of aryl methyl sites for hydroxylation is 1. The monoisotopic (exact) mass is 283 g/mol. The lowest BCUT2D eigenvalue weighted by atomic mass is 10.1. The van der Waals surface area contributed by atoms with Crippen molar-refractivity contribution >= 4 is 5.70 Å². The Hall–Kier alpha value is -2.56. The first kappa shape index (κ1) is 13.4. The van der Waals surface area contributed by atoms with Crippen molar-refractivity contribution in [1.82, 2.24) is 15.1 Å². The van der Waals surface area contributed by atoms with Crippen LogP contribution >= 0.6 is 0 Å². The van der Waals surface area contributed by atoms with Gasteiger partial charge in [0, 0.05) is 6.54 Å². The molecule has 0 spiro atoms. The lowest BCUT2D eigenvalue weighted by Gasteiger charge is -2.12. The molecule has 2 heterocycles. The summed E-state index contributed by atoms with van der Waals surface area (Å²) in [6, 6.07) is 7.89. The van der Waals surface area contributed by atoms with E-state index in [1.165, 1.54) is 6.20 Å². The van der Waals surface area contributed by atoms with Gasteiger partial charge >= 0.3 is 0 Å². The Labute approximate surface area is 122 Å². The minimum atomic E-state index is -0.500. The van der Waals surface area contributed by atoms with Gasteiger partial charge in [0.05, 0.1) is 17.6 Å². The average molecular weight is 283 g/mol. The third-order valence-corrected chi connectivity index (χ3v) is 3.64. The molecule has 5 nitrogen and oxygen atoms in total. The third kappa shape index (κ3) is 2.54. The van der Waals surface area contributed by atoms with Crippen LogP contribution in [0.4, 0.5) is 0 Å². The van der Waals surface area contributed by atoms with Crippen LogP contribution in [0.25, 0.3) is 11.4 Å². The van der Waals surface area contributed by atoms with Gasteiger partial charge in [-0.05, 0) is 30.9 Å². The van der Waals surface area contributed by atoms with Gasteiger partial charge in [-0.2, -0.15) is 5.10 Å². The predicted octanol–water partition coefficient (Wildman–Crippen LogP) is 1.83. The number of hydrogen-bond acceptors (Lipinski definition) is 4. The van der Waals surface area contributed by atoms with E-state index >= 15 is 0 Å². The van der Waals surface area contributed by atoms with Gasteiger partial charge in [-0.3, -0.25) is 4.79 Å². The summed E-state index contributed by atoms with van der Waals surface area (Å²) in [5, 5.41) is 17.3. The molecule has 2 aromatic rings. The van der Waals surface area contributed by atoms with Gasteiger partial charge < -0.3 is 10.4 Å². The Kier molecular flexibility index (Phi) is 3.48. The number of hydrogen-bond donors (Lipinski definition) is 2. The highest BCUT2D eigenvalue weighted by Gasteiger charge is 2.15. The van der Waals surface area contributed by atoms with Crippen molar-refractivity contribution < 1.29 is 5.11 Å². The van der Waals surface area contributed by atoms with Crippen molar-refractivity contribution in [2.75, 3.05) is 6.54 Å². The molecule has 0 amide bonds. The number of rotatable bonds is 0. The van der Waals surface area contributed by atoms with Crippen LogP contribution in [-0.2, 0) is 6.42 Å². The van der Waals surface area contributed by atoms with E-state index in [9.17, 15) is 9.90 Å². The molecule has 3 rings (SSSR count). The molecule has 0 saturated carbocycles. The highest BCUT2D eigenvalue weighted by molar-refractivity contribution is 5.59. The minimum absolute atomic E-state index is 0.159. The van der Waals surface area contributed by atoms with Gasteiger partial charge in [0.25, 0.3) is 5.43 Å². The molecule has 108 valence electrons. The fraction of sp³-hybridized carbons (Fsp3) is 0.250. The van der Waals surface area contributed by atoms with Gasteiger partial charge in [0.15, 0.2) is 11.4 Å². The van der Waals surface area contributed by atoms with Crippen molar-refractivity contribution in [3.63, 3.8) is 0 Å². The SMILES string of the molecule is C=C1NCCCCc2ccccc2-n2cc(O)c(=O)c1n2. The average Bonchev–Trinajstić information content (AvgIpc) is 2.51. The summed E-state index contributed by atoms with van der Waals surface area (Å²) in [7, 11) is 0. The van der Waals surface area contributed by atoms with Crippen LogP contribution in [0.5, 0.6) is 5.75 Å². The topological polar surface area (TPSA) is 67.2 Å². The maximum Gasteiger partial charge on any atom is 0.251 e. The zero-order valence-corrected chi connectivity index (χ0v) is 11.7. The quantitative estimate of drug-likeness (QED) is 0.774. The number of para-hydroxylation sites is 1. The lowest BCUT2D eigenvalue weighted by molar-refractivity contribution is 0.460. The van der Waals surface area contributed by atoms with Gasteiger partial charge in [-0.1, -0.05) is 24.8 Å². The Morgan fingerprint density at radius 1 is 1.29 bits per heavy atom. The van der Waals surface area contributed by atoms with E-state index in [0.29, 0.717) is 5.70 Å². The Morgan fingerprint density at radius 2 is 2.10 bits per heavy atom. The maximum atomic E-state index is 12.0. The zero-order valence-electron chi connectivity index (χ0n) is 11.7. The van der Waals surface area contributed by atoms with Crippen LogP contribution in [0, 0.1) is 0 Å². The van der Waals surface area contributed by atoms with Gasteiger partial charge in [-0.25, -0.2) is 4.68 Å². The normalized spacial score (nSPS) is 14.8. The first-order valence-electron chi connectivity index (χ1n) is 7.01. The standard InChI is InChI=1S/C16H17N3O2/c1-11-15-16(21)14(20)10-19(18-15)13-8-3-2-6-12(13)7-4-5-9-17-11/h2-3,6,8,10,17,20H,1,4-5,7,9H2. The summed E-state index contributed by atoms with van der Waals surface area (Å²) in [5.74, 6) is -0.322. The number of nitrogens with one attached hydrogen (secondary N) is 1. The molecule has 0 radical (unpaired) electrons. The number of nitrogens with zero attached hydrogens (tertiary/aromatic N) is 2. The second-order valence-corrected chi connectivity index (χ2v) is 5.13. The molecule has 5 heteroatoms. The van der Waals surface area contributed by atoms with E-state index in [2.05, 4.69) is 17.0 Å². The Morgan fingerprint density at radius 3 is 2.95 bits per heavy atom. The summed E-state index contributed by atoms with van der Waals surface area (Å²) in [6.07, 6.45) is 4.29. The fourth-order valence-corrected chi connectivity index (χ4v) is 2.51. The van der Waals surface area contributed by atoms with Gasteiger partial charge in [-0.15, -0.1) is 0 Å². The van der Waals surface area contributed by atoms with Crippen molar-refractivity contribution in [3.8, 4) is 11.4 Å². The molecule has 1 aromatic carbocycles. The van der Waals surface area contributed by atoms with Crippen molar-refractivity contribution in [3.05, 3.63) is 58.5 Å². The van der Waals surface area contributed by atoms with Gasteiger partial charge in [0.1, 0.15) is 0 Å². The van der Waals surface area contributed by atoms with Crippen LogP contribution in [-0.4, -0.2) is 21.4 Å². The van der Waals surface area contributed by atoms with Crippen LogP contribution in [0.2, 0.25) is 0 Å². The lowest BCUT2D eigenvalue weighted by Crippen LogP contribution is -2.22. The number of benzene rings is 1. The van der Waals surface area contributed by atoms with E-state index in [1.54, 1.807) is 4.68 Å². The van der Waals surface area contributed by atoms with E-state index in [0.717, 1.165) is 37.1 Å². The molecule has 1 aliphatic heterocycles. The minimum Gasteiger partial charge on any atom is -0.503 e. The smallest absolute Gasteiger partial charge is 0.251 e. The van der Waals surface area contributed by atoms with E-state index < -0.39 is 5.43 Å². The molecule has 0 fully saturated rings. The highest BCUT2D eigenvalue weighted by Crippen LogP contribution is 2.19. The summed E-state index contributed by atoms with van der Waals surface area (Å²) in [6.45, 7) is 4.59. The van der Waals surface area contributed by atoms with Crippen LogP contribution in [0.15, 0.2) is 41.8 Å². The third-order valence-electron chi connectivity index (χ3n) is 3.64. The maximum absolute atomic E-state index is 12.0. The molecule has 2 bridgehead atoms. The summed E-state index contributed by atoms with van der Waals surface area (Å²) < 4.78 is 1.56. The Bertz CT molecular complexity index is 749. The zero-order chi connectivity index (χ0) is 14.8. The Balaban J connectivity index is 2.24. The summed E-state index contributed by atoms with van der Waals surface area (Å²) >= 11 is 0. The fourth-order valence-electron chi connectivity index (χ4n) is 2.51. The van der Waals surface area contributed by atoms with Crippen molar-refractivity contribution in [2.24, 2.45) is 0 Å². The molecule has 0 unspecified atom stereocenters. The van der Waals surface area contributed by atoms with E-state index in [1.807, 2.05) is 24.3 Å². The van der Waals surface area contributed by atoms with Crippen molar-refractivity contribution in [2.45, 2.75) is 19.3 Å². The molecular weight excluding hydrogens is 266 g/mol. The first-order valence-corrected chi connectivity index (χ1v) is 7.01. The number of aromatic hydroxyl groups is 1. The van der Waals surface area contributed by atoms with E-state index in [-0.39, 0.29) is 11.4 Å². The number of fused-ring (bicyclic) bond motifs is 4. The molecule has 0 aliphatic carbocycles. The summed E-state index contributed by atoms with van der Waals surface area (Å²) in [4.78, 5) is 12.0. The molecule has 2 N–H and O–H groups in total. The molecule has 1 aliphatic rings. The second kappa shape index (κ2) is 5.44. The highest BCUT2D eigenvalue weighted by atomic mass is 16.3. The second-order valence-electron chi connectivity index (χ2n) is 5.13. The van der Waals surface area contributed by atoms with Crippen molar-refractivity contribution in [1.29, 1.82) is 0 Å². The summed E-state index contributed by atoms with van der Waals surface area (Å²) in [5.41, 5.74) is 2.13. The molecule has 0 saturated heterocycles. The van der Waals surface area contributed by atoms with Crippen LogP contribution < -0.4 is 10.7 Å². The molecular formula is C16H17N3O2. The van der Waals surface area contributed by atoms with Crippen LogP contribution in [0.3, 0.4) is 0 Å². The van der Waals surface area contributed by atoms with Crippen LogP contribution in [0.1, 0.15) is 24.1 Å².